The van der Waals surface area contributed by atoms with Gasteiger partial charge in [-0.05, 0) is 55.1 Å². The molecule has 0 N–H and O–H groups in total. The minimum atomic E-state index is 0.315. The zero-order valence-corrected chi connectivity index (χ0v) is 13.3. The molecule has 0 radical (unpaired) electrons. The minimum absolute atomic E-state index is 0.315. The molecule has 0 saturated carbocycles. The van der Waals surface area contributed by atoms with Gasteiger partial charge in [0.15, 0.2) is 0 Å². The predicted molar refractivity (Wildman–Crippen MR) is 78.1 cm³/mol. The van der Waals surface area contributed by atoms with Crippen molar-refractivity contribution < 1.29 is 0 Å². The Morgan fingerprint density at radius 2 is 1.53 bits per heavy atom. The van der Waals surface area contributed by atoms with Crippen LogP contribution in [0.3, 0.4) is 0 Å². The van der Waals surface area contributed by atoms with Crippen LogP contribution in [0, 0.1) is 16.7 Å². The molecule has 0 aromatic heterocycles. The Morgan fingerprint density at radius 1 is 1.06 bits per heavy atom. The van der Waals surface area contributed by atoms with Gasteiger partial charge in [-0.3, -0.25) is 0 Å². The van der Waals surface area contributed by atoms with Crippen LogP contribution in [0.4, 0.5) is 0 Å². The van der Waals surface area contributed by atoms with Gasteiger partial charge in [0.2, 0.25) is 0 Å². The standard InChI is InChI=1S/C17H30/c1-11-13(3)17(8,9)14(4)12(2)15(11)10-16(5,6)7/h13H,10H2,1-9H3/t13-/m1/s1. The molecule has 0 spiro atoms. The largest absolute Gasteiger partial charge is 0.0662 e. The summed E-state index contributed by atoms with van der Waals surface area (Å²) in [6.45, 7) is 21.1. The summed E-state index contributed by atoms with van der Waals surface area (Å²) in [5.74, 6) is 0.656. The second-order valence-corrected chi connectivity index (χ2v) is 7.59. The van der Waals surface area contributed by atoms with E-state index in [4.69, 9.17) is 0 Å². The fraction of sp³-hybridized carbons (Fsp3) is 0.765. The van der Waals surface area contributed by atoms with E-state index in [1.807, 2.05) is 0 Å². The van der Waals surface area contributed by atoms with Crippen LogP contribution in [0.1, 0.15) is 68.7 Å². The number of hydrogen-bond donors (Lipinski definition) is 0. The highest BCUT2D eigenvalue weighted by Gasteiger charge is 2.36. The van der Waals surface area contributed by atoms with Crippen molar-refractivity contribution in [2.45, 2.75) is 68.7 Å². The Labute approximate surface area is 108 Å². The average Bonchev–Trinajstić information content (AvgIpc) is 2.18. The smallest absolute Gasteiger partial charge is 0.00788 e. The SMILES string of the molecule is CC1=C(C)C(C)(C)[C@H](C)C(C)=C1CC(C)(C)C. The molecule has 0 unspecified atom stereocenters. The fourth-order valence-corrected chi connectivity index (χ4v) is 2.94. The van der Waals surface area contributed by atoms with E-state index in [1.54, 1.807) is 22.3 Å². The second-order valence-electron chi connectivity index (χ2n) is 7.59. The van der Waals surface area contributed by atoms with E-state index in [-0.39, 0.29) is 0 Å². The van der Waals surface area contributed by atoms with E-state index in [1.165, 1.54) is 6.42 Å². The van der Waals surface area contributed by atoms with Gasteiger partial charge in [-0.2, -0.15) is 0 Å². The number of hydrogen-bond acceptors (Lipinski definition) is 0. The van der Waals surface area contributed by atoms with Crippen molar-refractivity contribution in [3.05, 3.63) is 22.3 Å². The molecule has 0 aliphatic heterocycles. The van der Waals surface area contributed by atoms with Crippen LogP contribution in [-0.2, 0) is 0 Å². The maximum atomic E-state index is 2.38. The van der Waals surface area contributed by atoms with E-state index < -0.39 is 0 Å². The Kier molecular flexibility index (Phi) is 3.68. The molecule has 1 aliphatic carbocycles. The lowest BCUT2D eigenvalue weighted by Gasteiger charge is -2.42. The zero-order valence-electron chi connectivity index (χ0n) is 13.3. The summed E-state index contributed by atoms with van der Waals surface area (Å²) in [5, 5.41) is 0. The number of allylic oxidation sites excluding steroid dienone is 4. The normalized spacial score (nSPS) is 25.6. The molecule has 1 rings (SSSR count). The second kappa shape index (κ2) is 4.30. The van der Waals surface area contributed by atoms with Crippen LogP contribution in [0.25, 0.3) is 0 Å². The lowest BCUT2D eigenvalue weighted by molar-refractivity contribution is 0.308. The minimum Gasteiger partial charge on any atom is -0.0662 e. The van der Waals surface area contributed by atoms with Gasteiger partial charge in [-0.1, -0.05) is 52.7 Å². The van der Waals surface area contributed by atoms with Gasteiger partial charge in [-0.15, -0.1) is 0 Å². The van der Waals surface area contributed by atoms with Crippen molar-refractivity contribution in [1.82, 2.24) is 0 Å². The first kappa shape index (κ1) is 14.5. The average molecular weight is 234 g/mol. The van der Waals surface area contributed by atoms with Gasteiger partial charge in [0.05, 0.1) is 0 Å². The summed E-state index contributed by atoms with van der Waals surface area (Å²) in [7, 11) is 0. The molecule has 0 saturated heterocycles. The van der Waals surface area contributed by atoms with Gasteiger partial charge >= 0.3 is 0 Å². The first-order valence-electron chi connectivity index (χ1n) is 6.86. The molecule has 0 aromatic rings. The molecular formula is C17H30. The highest BCUT2D eigenvalue weighted by molar-refractivity contribution is 5.45. The van der Waals surface area contributed by atoms with Gasteiger partial charge in [0, 0.05) is 0 Å². The number of rotatable bonds is 1. The molecular weight excluding hydrogens is 204 g/mol. The molecule has 0 fully saturated rings. The van der Waals surface area contributed by atoms with Gasteiger partial charge in [-0.25, -0.2) is 0 Å². The summed E-state index contributed by atoms with van der Waals surface area (Å²) < 4.78 is 0. The van der Waals surface area contributed by atoms with E-state index in [9.17, 15) is 0 Å². The molecule has 0 amide bonds. The molecule has 0 nitrogen and oxygen atoms in total. The van der Waals surface area contributed by atoms with Crippen molar-refractivity contribution in [1.29, 1.82) is 0 Å². The molecule has 1 aliphatic rings. The quantitative estimate of drug-likeness (QED) is 0.542. The molecule has 0 heterocycles. The van der Waals surface area contributed by atoms with Crippen molar-refractivity contribution >= 4 is 0 Å². The zero-order chi connectivity index (χ0) is 13.6. The highest BCUT2D eigenvalue weighted by Crippen LogP contribution is 2.48. The lowest BCUT2D eigenvalue weighted by Crippen LogP contribution is -2.30. The molecule has 98 valence electrons. The monoisotopic (exact) mass is 234 g/mol. The Balaban J connectivity index is 3.27. The fourth-order valence-electron chi connectivity index (χ4n) is 2.94. The molecule has 0 bridgehead atoms. The van der Waals surface area contributed by atoms with Crippen LogP contribution in [0.5, 0.6) is 0 Å². The third-order valence-electron chi connectivity index (χ3n) is 4.90. The molecule has 0 heteroatoms. The first-order chi connectivity index (χ1) is 7.48. The summed E-state index contributed by atoms with van der Waals surface area (Å²) >= 11 is 0. The molecule has 1 atom stereocenters. The Bertz CT molecular complexity index is 369. The van der Waals surface area contributed by atoms with E-state index in [0.717, 1.165) is 0 Å². The Morgan fingerprint density at radius 3 is 1.94 bits per heavy atom. The van der Waals surface area contributed by atoms with Gasteiger partial charge < -0.3 is 0 Å². The summed E-state index contributed by atoms with van der Waals surface area (Å²) in [6, 6.07) is 0. The summed E-state index contributed by atoms with van der Waals surface area (Å²) in [4.78, 5) is 0. The third kappa shape index (κ3) is 2.67. The van der Waals surface area contributed by atoms with E-state index in [2.05, 4.69) is 62.3 Å². The van der Waals surface area contributed by atoms with Gasteiger partial charge in [0.1, 0.15) is 0 Å². The van der Waals surface area contributed by atoms with E-state index in [0.29, 0.717) is 16.7 Å². The highest BCUT2D eigenvalue weighted by atomic mass is 14.4. The predicted octanol–water partition coefficient (Wildman–Crippen LogP) is 5.75. The third-order valence-corrected chi connectivity index (χ3v) is 4.90. The maximum absolute atomic E-state index is 2.38. The Hall–Kier alpha value is -0.520. The topological polar surface area (TPSA) is 0 Å². The summed E-state index contributed by atoms with van der Waals surface area (Å²) in [5.41, 5.74) is 7.03. The van der Waals surface area contributed by atoms with Crippen LogP contribution in [0.2, 0.25) is 0 Å². The van der Waals surface area contributed by atoms with Crippen LogP contribution in [0.15, 0.2) is 22.3 Å². The van der Waals surface area contributed by atoms with Crippen molar-refractivity contribution in [2.75, 3.05) is 0 Å². The maximum Gasteiger partial charge on any atom is -0.00788 e. The molecule has 17 heavy (non-hydrogen) atoms. The lowest BCUT2D eigenvalue weighted by atomic mass is 9.63. The van der Waals surface area contributed by atoms with Crippen LogP contribution < -0.4 is 0 Å². The van der Waals surface area contributed by atoms with E-state index >= 15 is 0 Å². The van der Waals surface area contributed by atoms with Crippen LogP contribution >= 0.6 is 0 Å². The van der Waals surface area contributed by atoms with Crippen molar-refractivity contribution in [2.24, 2.45) is 16.7 Å². The first-order valence-corrected chi connectivity index (χ1v) is 6.86. The summed E-state index contributed by atoms with van der Waals surface area (Å²) in [6.07, 6.45) is 1.20. The van der Waals surface area contributed by atoms with Crippen molar-refractivity contribution in [3.8, 4) is 0 Å². The molecule has 0 aromatic carbocycles. The van der Waals surface area contributed by atoms with Gasteiger partial charge in [0.25, 0.3) is 0 Å². The van der Waals surface area contributed by atoms with Crippen LogP contribution in [-0.4, -0.2) is 0 Å². The van der Waals surface area contributed by atoms with Crippen molar-refractivity contribution in [3.63, 3.8) is 0 Å².